The summed E-state index contributed by atoms with van der Waals surface area (Å²) < 4.78 is 9.29. The molecule has 262 valence electrons. The highest BCUT2D eigenvalue weighted by Gasteiger charge is 2.19. The smallest absolute Gasteiger partial charge is 0.160 e. The Balaban J connectivity index is 1.02. The van der Waals surface area contributed by atoms with Gasteiger partial charge in [-0.05, 0) is 71.3 Å². The van der Waals surface area contributed by atoms with Gasteiger partial charge < -0.3 is 4.42 Å². The molecule has 4 heterocycles. The zero-order valence-electron chi connectivity index (χ0n) is 30.1. The average Bonchev–Trinajstić information content (AvgIpc) is 3.85. The molecule has 11 aromatic rings. The lowest BCUT2D eigenvalue weighted by atomic mass is 9.93. The van der Waals surface area contributed by atoms with Gasteiger partial charge in [-0.2, -0.15) is 0 Å². The van der Waals surface area contributed by atoms with Crippen molar-refractivity contribution in [3.8, 4) is 67.4 Å². The third kappa shape index (κ3) is 5.56. The van der Waals surface area contributed by atoms with Gasteiger partial charge in [-0.25, -0.2) is 9.97 Å². The van der Waals surface area contributed by atoms with Gasteiger partial charge in [-0.3, -0.25) is 4.98 Å². The van der Waals surface area contributed by atoms with Crippen LogP contribution in [0, 0.1) is 0 Å². The molecular formula is C51H31N3OS. The molecule has 7 aromatic carbocycles. The molecular weight excluding hydrogens is 703 g/mol. The molecule has 0 bridgehead atoms. The van der Waals surface area contributed by atoms with E-state index >= 15 is 0 Å². The zero-order valence-corrected chi connectivity index (χ0v) is 30.9. The molecule has 0 saturated heterocycles. The Kier molecular flexibility index (Phi) is 7.64. The van der Waals surface area contributed by atoms with Crippen LogP contribution in [0.3, 0.4) is 0 Å². The first-order valence-electron chi connectivity index (χ1n) is 18.7. The maximum Gasteiger partial charge on any atom is 0.160 e. The van der Waals surface area contributed by atoms with Crippen LogP contribution in [0.5, 0.6) is 0 Å². The van der Waals surface area contributed by atoms with Crippen molar-refractivity contribution in [1.82, 2.24) is 15.0 Å². The third-order valence-corrected chi connectivity index (χ3v) is 11.7. The number of pyridine rings is 1. The standard InChI is InChI=1S/C51H31N3OS/c1-2-11-33(12-3-1)44-31-45(37-14-10-13-36(29-37)43-17-8-9-28-52-43)54-51(53-44)34-22-20-32(21-23-34)38-25-26-39(50-49(38)41-16-4-6-18-46(41)55-50)35-24-27-48-42(30-35)40-15-5-7-19-47(40)56-48/h1-31H. The summed E-state index contributed by atoms with van der Waals surface area (Å²) in [6.07, 6.45) is 1.82. The van der Waals surface area contributed by atoms with E-state index in [0.717, 1.165) is 83.5 Å². The normalized spacial score (nSPS) is 11.6. The van der Waals surface area contributed by atoms with Crippen molar-refractivity contribution < 1.29 is 4.42 Å². The highest BCUT2D eigenvalue weighted by molar-refractivity contribution is 7.25. The molecule has 4 nitrogen and oxygen atoms in total. The number of aromatic nitrogens is 3. The van der Waals surface area contributed by atoms with Crippen LogP contribution in [0.15, 0.2) is 193 Å². The molecule has 0 amide bonds. The maximum absolute atomic E-state index is 6.70. The van der Waals surface area contributed by atoms with E-state index in [4.69, 9.17) is 14.4 Å². The molecule has 0 saturated carbocycles. The fourth-order valence-electron chi connectivity index (χ4n) is 7.84. The van der Waals surface area contributed by atoms with E-state index in [1.54, 1.807) is 0 Å². The van der Waals surface area contributed by atoms with E-state index in [-0.39, 0.29) is 0 Å². The first-order chi connectivity index (χ1) is 27.7. The van der Waals surface area contributed by atoms with Gasteiger partial charge in [-0.1, -0.05) is 127 Å². The van der Waals surface area contributed by atoms with Crippen LogP contribution >= 0.6 is 11.3 Å². The van der Waals surface area contributed by atoms with Crippen LogP contribution in [-0.2, 0) is 0 Å². The molecule has 0 atom stereocenters. The summed E-state index contributed by atoms with van der Waals surface area (Å²) in [5.74, 6) is 0.668. The Labute approximate surface area is 327 Å². The van der Waals surface area contributed by atoms with Crippen molar-refractivity contribution in [2.45, 2.75) is 0 Å². The van der Waals surface area contributed by atoms with E-state index in [1.165, 1.54) is 20.2 Å². The van der Waals surface area contributed by atoms with Gasteiger partial charge in [0.2, 0.25) is 0 Å². The monoisotopic (exact) mass is 733 g/mol. The minimum atomic E-state index is 0.668. The number of hydrogen-bond acceptors (Lipinski definition) is 5. The van der Waals surface area contributed by atoms with Crippen molar-refractivity contribution in [3.05, 3.63) is 188 Å². The van der Waals surface area contributed by atoms with Gasteiger partial charge in [0.05, 0.1) is 17.1 Å². The summed E-state index contributed by atoms with van der Waals surface area (Å²) in [7, 11) is 0. The van der Waals surface area contributed by atoms with Gasteiger partial charge in [-0.15, -0.1) is 11.3 Å². The van der Waals surface area contributed by atoms with Gasteiger partial charge in [0.25, 0.3) is 0 Å². The van der Waals surface area contributed by atoms with Gasteiger partial charge >= 0.3 is 0 Å². The molecule has 0 aliphatic rings. The predicted molar refractivity (Wildman–Crippen MR) is 233 cm³/mol. The molecule has 0 N–H and O–H groups in total. The lowest BCUT2D eigenvalue weighted by Crippen LogP contribution is -1.96. The van der Waals surface area contributed by atoms with E-state index in [9.17, 15) is 0 Å². The highest BCUT2D eigenvalue weighted by Crippen LogP contribution is 2.44. The van der Waals surface area contributed by atoms with E-state index in [1.807, 2.05) is 60.0 Å². The number of thiophene rings is 1. The fourth-order valence-corrected chi connectivity index (χ4v) is 8.93. The van der Waals surface area contributed by atoms with Gasteiger partial charge in [0, 0.05) is 65.0 Å². The van der Waals surface area contributed by atoms with Crippen LogP contribution in [-0.4, -0.2) is 15.0 Å². The molecule has 4 aromatic heterocycles. The van der Waals surface area contributed by atoms with Crippen LogP contribution in [0.2, 0.25) is 0 Å². The lowest BCUT2D eigenvalue weighted by Gasteiger charge is -2.12. The molecule has 0 aliphatic heterocycles. The number of fused-ring (bicyclic) bond motifs is 6. The first-order valence-corrected chi connectivity index (χ1v) is 19.5. The number of furan rings is 1. The predicted octanol–water partition coefficient (Wildman–Crippen LogP) is 14.1. The highest BCUT2D eigenvalue weighted by atomic mass is 32.1. The summed E-state index contributed by atoms with van der Waals surface area (Å²) in [6, 6.07) is 63.6. The Bertz CT molecular complexity index is 3240. The number of benzene rings is 7. The van der Waals surface area contributed by atoms with E-state index in [2.05, 4.69) is 145 Å². The number of rotatable bonds is 6. The summed E-state index contributed by atoms with van der Waals surface area (Å²) in [4.78, 5) is 14.8. The van der Waals surface area contributed by atoms with Gasteiger partial charge in [0.15, 0.2) is 5.82 Å². The second kappa shape index (κ2) is 13.3. The minimum absolute atomic E-state index is 0.668. The van der Waals surface area contributed by atoms with Crippen LogP contribution < -0.4 is 0 Å². The molecule has 0 aliphatic carbocycles. The number of para-hydroxylation sites is 1. The van der Waals surface area contributed by atoms with Crippen molar-refractivity contribution in [2.75, 3.05) is 0 Å². The Morgan fingerprint density at radius 3 is 1.89 bits per heavy atom. The average molecular weight is 734 g/mol. The molecule has 0 radical (unpaired) electrons. The van der Waals surface area contributed by atoms with Crippen molar-refractivity contribution in [3.63, 3.8) is 0 Å². The minimum Gasteiger partial charge on any atom is -0.455 e. The van der Waals surface area contributed by atoms with Crippen molar-refractivity contribution in [1.29, 1.82) is 0 Å². The summed E-state index contributed by atoms with van der Waals surface area (Å²) in [5, 5.41) is 4.77. The first kappa shape index (κ1) is 32.2. The quantitative estimate of drug-likeness (QED) is 0.171. The van der Waals surface area contributed by atoms with Crippen molar-refractivity contribution in [2.24, 2.45) is 0 Å². The largest absolute Gasteiger partial charge is 0.455 e. The maximum atomic E-state index is 6.70. The molecule has 0 fully saturated rings. The fraction of sp³-hybridized carbons (Fsp3) is 0. The number of nitrogens with zero attached hydrogens (tertiary/aromatic N) is 3. The Morgan fingerprint density at radius 2 is 1.05 bits per heavy atom. The zero-order chi connectivity index (χ0) is 37.0. The third-order valence-electron chi connectivity index (χ3n) is 10.6. The second-order valence-electron chi connectivity index (χ2n) is 14.0. The molecule has 5 heteroatoms. The Hall–Kier alpha value is -7.21. The second-order valence-corrected chi connectivity index (χ2v) is 15.1. The van der Waals surface area contributed by atoms with E-state index < -0.39 is 0 Å². The topological polar surface area (TPSA) is 51.8 Å². The molecule has 0 unspecified atom stereocenters. The molecule has 56 heavy (non-hydrogen) atoms. The summed E-state index contributed by atoms with van der Waals surface area (Å²) in [6.45, 7) is 0. The molecule has 0 spiro atoms. The van der Waals surface area contributed by atoms with Crippen LogP contribution in [0.25, 0.3) is 110 Å². The number of hydrogen-bond donors (Lipinski definition) is 0. The van der Waals surface area contributed by atoms with Crippen LogP contribution in [0.4, 0.5) is 0 Å². The lowest BCUT2D eigenvalue weighted by molar-refractivity contribution is 0.670. The molecule has 11 rings (SSSR count). The SMILES string of the molecule is c1ccc(-c2cc(-c3cccc(-c4ccccn4)c3)nc(-c3ccc(-c4ccc(-c5ccc6sc7ccccc7c6c5)c5oc6ccccc6c45)cc3)n2)cc1. The van der Waals surface area contributed by atoms with Crippen molar-refractivity contribution >= 4 is 53.4 Å². The summed E-state index contributed by atoms with van der Waals surface area (Å²) in [5.41, 5.74) is 12.9. The van der Waals surface area contributed by atoms with E-state index in [0.29, 0.717) is 5.82 Å². The summed E-state index contributed by atoms with van der Waals surface area (Å²) >= 11 is 1.84. The Morgan fingerprint density at radius 1 is 0.393 bits per heavy atom. The van der Waals surface area contributed by atoms with Gasteiger partial charge in [0.1, 0.15) is 11.2 Å². The van der Waals surface area contributed by atoms with Crippen LogP contribution in [0.1, 0.15) is 0 Å².